The van der Waals surface area contributed by atoms with Crippen LogP contribution in [-0.4, -0.2) is 54.6 Å². The average molecular weight is 705 g/mol. The fraction of sp³-hybridized carbons (Fsp3) is 0.889. The van der Waals surface area contributed by atoms with Gasteiger partial charge in [-0.3, -0.25) is 15.1 Å². The van der Waals surface area contributed by atoms with E-state index in [1.807, 2.05) is 0 Å². The molecule has 0 saturated carbocycles. The number of hydrogen-bond acceptors (Lipinski definition) is 3. The Bertz CT molecular complexity index is 715. The Labute approximate surface area is 313 Å². The van der Waals surface area contributed by atoms with E-state index < -0.39 is 5.97 Å². The van der Waals surface area contributed by atoms with E-state index in [1.165, 1.54) is 180 Å². The third-order valence-corrected chi connectivity index (χ3v) is 10.8. The summed E-state index contributed by atoms with van der Waals surface area (Å²) in [5.41, 5.74) is 0. The minimum atomic E-state index is -0.706. The number of hydrogen-bond donors (Lipinski definition) is 3. The van der Waals surface area contributed by atoms with Crippen molar-refractivity contribution in [1.29, 1.82) is 0 Å². The van der Waals surface area contributed by atoms with E-state index in [0.717, 1.165) is 25.9 Å². The molecule has 0 aromatic carbocycles. The van der Waals surface area contributed by atoms with Crippen molar-refractivity contribution >= 4 is 5.97 Å². The number of carboxylic acids is 1. The predicted octanol–water partition coefficient (Wildman–Crippen LogP) is 13.2. The fourth-order valence-corrected chi connectivity index (χ4v) is 7.55. The number of unbranched alkanes of at least 4 members (excludes halogenated alkanes) is 24. The third kappa shape index (κ3) is 29.4. The van der Waals surface area contributed by atoms with E-state index in [9.17, 15) is 9.90 Å². The summed E-state index contributed by atoms with van der Waals surface area (Å²) in [6, 6.07) is 0. The molecule has 0 rings (SSSR count). The summed E-state index contributed by atoms with van der Waals surface area (Å²) in [4.78, 5) is 12.0. The molecule has 2 unspecified atom stereocenters. The van der Waals surface area contributed by atoms with E-state index >= 15 is 0 Å². The first-order valence-corrected chi connectivity index (χ1v) is 22.3. The minimum absolute atomic E-state index is 0.145. The Morgan fingerprint density at radius 2 is 0.760 bits per heavy atom. The van der Waals surface area contributed by atoms with Gasteiger partial charge in [0.1, 0.15) is 12.3 Å². The molecule has 0 amide bonds. The first kappa shape index (κ1) is 48.8. The summed E-state index contributed by atoms with van der Waals surface area (Å²) in [5, 5.41) is 17.5. The summed E-state index contributed by atoms with van der Waals surface area (Å²) in [6.07, 6.45) is 48.8. The molecule has 0 bridgehead atoms. The molecule has 5 nitrogen and oxygen atoms in total. The summed E-state index contributed by atoms with van der Waals surface area (Å²) in [6.45, 7) is 11.1. The van der Waals surface area contributed by atoms with Crippen molar-refractivity contribution in [1.82, 2.24) is 10.6 Å². The Morgan fingerprint density at radius 3 is 1.04 bits per heavy atom. The van der Waals surface area contributed by atoms with E-state index in [2.05, 4.69) is 69.7 Å². The molecule has 0 aliphatic carbocycles. The average Bonchev–Trinajstić information content (AvgIpc) is 3.10. The highest BCUT2D eigenvalue weighted by molar-refractivity contribution is 5.68. The molecule has 0 fully saturated rings. The van der Waals surface area contributed by atoms with Crippen molar-refractivity contribution < 1.29 is 14.4 Å². The van der Waals surface area contributed by atoms with Gasteiger partial charge in [0, 0.05) is 25.9 Å². The van der Waals surface area contributed by atoms with Crippen LogP contribution in [0.1, 0.15) is 220 Å². The van der Waals surface area contributed by atoms with Crippen LogP contribution in [-0.2, 0) is 4.79 Å². The summed E-state index contributed by atoms with van der Waals surface area (Å²) < 4.78 is 0.515. The molecule has 0 radical (unpaired) electrons. The Balaban J connectivity index is 4.15. The zero-order chi connectivity index (χ0) is 36.8. The first-order valence-electron chi connectivity index (χ1n) is 22.3. The molecule has 0 spiro atoms. The maximum atomic E-state index is 12.0. The Morgan fingerprint density at radius 1 is 0.480 bits per heavy atom. The molecule has 5 heteroatoms. The topological polar surface area (TPSA) is 61.4 Å². The van der Waals surface area contributed by atoms with Gasteiger partial charge in [0.2, 0.25) is 0 Å². The third-order valence-electron chi connectivity index (χ3n) is 10.8. The largest absolute Gasteiger partial charge is 0.477 e. The molecule has 0 saturated heterocycles. The van der Waals surface area contributed by atoms with Gasteiger partial charge in [-0.25, -0.2) is 4.79 Å². The van der Waals surface area contributed by atoms with Gasteiger partial charge in [-0.05, 0) is 64.2 Å². The van der Waals surface area contributed by atoms with Crippen LogP contribution in [0.2, 0.25) is 0 Å². The minimum Gasteiger partial charge on any atom is -0.477 e. The first-order chi connectivity index (χ1) is 24.5. The summed E-state index contributed by atoms with van der Waals surface area (Å²) in [7, 11) is 2.15. The van der Waals surface area contributed by atoms with E-state index in [-0.39, 0.29) is 18.9 Å². The lowest BCUT2D eigenvalue weighted by Crippen LogP contribution is -2.68. The van der Waals surface area contributed by atoms with Crippen LogP contribution in [0.25, 0.3) is 0 Å². The number of carbonyl (C=O) groups is 1. The molecule has 0 aliphatic heterocycles. The standard InChI is InChI=1S/C45H89N3O2/c1-6-10-12-14-16-18-20-22-24-26-28-30-32-34-36-38-40-46-43(8-3)48(5,42-45(49)50)44(9-4)47-41-39-37-35-33-31-29-27-25-23-21-19-17-15-13-11-7-2/h22-25,43-44,46-47H,6-21,26-42H2,1-5H3/p+1/b24-22-,25-23-. The highest BCUT2D eigenvalue weighted by Gasteiger charge is 2.40. The monoisotopic (exact) mass is 705 g/mol. The van der Waals surface area contributed by atoms with Gasteiger partial charge >= 0.3 is 5.97 Å². The number of aliphatic carboxylic acids is 1. The number of allylic oxidation sites excluding steroid dienone is 4. The molecule has 0 heterocycles. The van der Waals surface area contributed by atoms with E-state index in [4.69, 9.17) is 0 Å². The van der Waals surface area contributed by atoms with E-state index in [0.29, 0.717) is 4.48 Å². The summed E-state index contributed by atoms with van der Waals surface area (Å²) >= 11 is 0. The maximum absolute atomic E-state index is 12.0. The molecule has 0 aromatic rings. The lowest BCUT2D eigenvalue weighted by atomic mass is 10.1. The molecule has 0 aromatic heterocycles. The SMILES string of the molecule is CCCCCCCC/C=C\CCCCCCCCNC(CC)[N+](C)(CC(=O)O)C(CC)NCCCCCCCC/C=C\CCCCCCCC. The van der Waals surface area contributed by atoms with Crippen LogP contribution >= 0.6 is 0 Å². The molecule has 3 N–H and O–H groups in total. The number of likely N-dealkylation sites (N-methyl/N-ethyl adjacent to an activating group) is 1. The van der Waals surface area contributed by atoms with Crippen LogP contribution in [0.5, 0.6) is 0 Å². The number of carboxylic acid groups (broad SMARTS) is 1. The van der Waals surface area contributed by atoms with Crippen LogP contribution in [0.3, 0.4) is 0 Å². The normalized spacial score (nSPS) is 14.5. The van der Waals surface area contributed by atoms with Gasteiger partial charge < -0.3 is 5.11 Å². The second-order valence-electron chi connectivity index (χ2n) is 15.5. The molecule has 2 atom stereocenters. The van der Waals surface area contributed by atoms with E-state index in [1.54, 1.807) is 0 Å². The van der Waals surface area contributed by atoms with Crippen molar-refractivity contribution in [3.8, 4) is 0 Å². The number of nitrogens with zero attached hydrogens (tertiary/aromatic N) is 1. The smallest absolute Gasteiger partial charge is 0.359 e. The second kappa shape index (κ2) is 37.6. The Hall–Kier alpha value is -1.17. The van der Waals surface area contributed by atoms with Gasteiger partial charge in [0.05, 0.1) is 7.05 Å². The number of rotatable bonds is 40. The number of quaternary nitrogens is 1. The number of nitrogens with one attached hydrogen (secondary N) is 2. The molecule has 50 heavy (non-hydrogen) atoms. The van der Waals surface area contributed by atoms with Crippen LogP contribution < -0.4 is 10.6 Å². The molecular formula is C45H90N3O2+. The van der Waals surface area contributed by atoms with Crippen LogP contribution in [0.4, 0.5) is 0 Å². The fourth-order valence-electron chi connectivity index (χ4n) is 7.55. The quantitative estimate of drug-likeness (QED) is 0.0257. The highest BCUT2D eigenvalue weighted by Crippen LogP contribution is 2.20. The van der Waals surface area contributed by atoms with Gasteiger partial charge in [0.25, 0.3) is 0 Å². The maximum Gasteiger partial charge on any atom is 0.359 e. The van der Waals surface area contributed by atoms with Crippen LogP contribution in [0.15, 0.2) is 24.3 Å². The van der Waals surface area contributed by atoms with Gasteiger partial charge in [-0.15, -0.1) is 0 Å². The zero-order valence-electron chi connectivity index (χ0n) is 34.6. The van der Waals surface area contributed by atoms with Crippen molar-refractivity contribution in [3.63, 3.8) is 0 Å². The highest BCUT2D eigenvalue weighted by atomic mass is 16.4. The Kier molecular flexibility index (Phi) is 36.7. The second-order valence-corrected chi connectivity index (χ2v) is 15.5. The van der Waals surface area contributed by atoms with Gasteiger partial charge in [0.15, 0.2) is 6.54 Å². The summed E-state index contributed by atoms with van der Waals surface area (Å²) in [5.74, 6) is -0.706. The molecule has 0 aliphatic rings. The van der Waals surface area contributed by atoms with Crippen LogP contribution in [0, 0.1) is 0 Å². The van der Waals surface area contributed by atoms with Crippen molar-refractivity contribution in [2.45, 2.75) is 233 Å². The van der Waals surface area contributed by atoms with Gasteiger partial charge in [-0.1, -0.05) is 168 Å². The van der Waals surface area contributed by atoms with Crippen molar-refractivity contribution in [2.24, 2.45) is 0 Å². The molecular weight excluding hydrogens is 615 g/mol. The lowest BCUT2D eigenvalue weighted by molar-refractivity contribution is -0.956. The van der Waals surface area contributed by atoms with Crippen molar-refractivity contribution in [3.05, 3.63) is 24.3 Å². The van der Waals surface area contributed by atoms with Crippen molar-refractivity contribution in [2.75, 3.05) is 26.7 Å². The predicted molar refractivity (Wildman–Crippen MR) is 222 cm³/mol. The van der Waals surface area contributed by atoms with Gasteiger partial charge in [-0.2, -0.15) is 0 Å². The zero-order valence-corrected chi connectivity index (χ0v) is 34.6. The lowest BCUT2D eigenvalue weighted by Gasteiger charge is -2.46. The molecule has 296 valence electrons.